The molecule has 0 aliphatic carbocycles. The van der Waals surface area contributed by atoms with E-state index in [0.717, 1.165) is 25.8 Å². The lowest BCUT2D eigenvalue weighted by Crippen LogP contribution is -2.66. The number of likely N-dealkylation sites (tertiary alicyclic amines) is 2. The lowest BCUT2D eigenvalue weighted by atomic mass is 9.95. The van der Waals surface area contributed by atoms with E-state index in [2.05, 4.69) is 6.92 Å². The van der Waals surface area contributed by atoms with E-state index in [0.29, 0.717) is 19.1 Å². The number of aliphatic carboxylic acids is 1. The average Bonchev–Trinajstić information content (AvgIpc) is 2.41. The fourth-order valence-corrected chi connectivity index (χ4v) is 3.08. The Bertz CT molecular complexity index is 379. The lowest BCUT2D eigenvalue weighted by Gasteiger charge is -2.50. The van der Waals surface area contributed by atoms with Crippen LogP contribution in [0.4, 0.5) is 4.79 Å². The standard InChI is InChI=1S/C14H24N2O4/c1-3-11-6-4-5-7-16(11)13(19)15-9-14(2,10-15)20-8-12(17)18/h11H,3-10H2,1-2H3,(H,17,18). The van der Waals surface area contributed by atoms with Crippen LogP contribution in [-0.2, 0) is 9.53 Å². The van der Waals surface area contributed by atoms with E-state index in [9.17, 15) is 9.59 Å². The molecule has 2 aliphatic rings. The molecule has 6 nitrogen and oxygen atoms in total. The van der Waals surface area contributed by atoms with Crippen molar-refractivity contribution in [1.82, 2.24) is 9.80 Å². The van der Waals surface area contributed by atoms with Gasteiger partial charge in [0.05, 0.1) is 13.1 Å². The summed E-state index contributed by atoms with van der Waals surface area (Å²) < 4.78 is 5.34. The molecular formula is C14H24N2O4. The van der Waals surface area contributed by atoms with E-state index >= 15 is 0 Å². The minimum absolute atomic E-state index is 0.0768. The van der Waals surface area contributed by atoms with Gasteiger partial charge in [-0.25, -0.2) is 9.59 Å². The predicted molar refractivity (Wildman–Crippen MR) is 73.6 cm³/mol. The zero-order chi connectivity index (χ0) is 14.8. The molecule has 20 heavy (non-hydrogen) atoms. The molecule has 1 N–H and O–H groups in total. The van der Waals surface area contributed by atoms with Crippen molar-refractivity contribution in [2.75, 3.05) is 26.2 Å². The molecule has 0 aromatic carbocycles. The van der Waals surface area contributed by atoms with Crippen LogP contribution < -0.4 is 0 Å². The van der Waals surface area contributed by atoms with Crippen LogP contribution in [-0.4, -0.2) is 64.8 Å². The molecule has 2 fully saturated rings. The number of carboxylic acids is 1. The Morgan fingerprint density at radius 1 is 1.35 bits per heavy atom. The monoisotopic (exact) mass is 284 g/mol. The molecule has 2 aliphatic heterocycles. The van der Waals surface area contributed by atoms with Crippen LogP contribution in [0.5, 0.6) is 0 Å². The number of carboxylic acid groups (broad SMARTS) is 1. The van der Waals surface area contributed by atoms with Crippen molar-refractivity contribution in [3.8, 4) is 0 Å². The number of ether oxygens (including phenoxy) is 1. The minimum Gasteiger partial charge on any atom is -0.480 e. The van der Waals surface area contributed by atoms with Gasteiger partial charge in [-0.3, -0.25) is 0 Å². The van der Waals surface area contributed by atoms with Gasteiger partial charge in [-0.1, -0.05) is 6.92 Å². The number of amides is 2. The Morgan fingerprint density at radius 2 is 2.05 bits per heavy atom. The van der Waals surface area contributed by atoms with Gasteiger partial charge in [-0.05, 0) is 32.6 Å². The van der Waals surface area contributed by atoms with Gasteiger partial charge in [0.15, 0.2) is 0 Å². The van der Waals surface area contributed by atoms with E-state index in [1.807, 2.05) is 11.8 Å². The predicted octanol–water partition coefficient (Wildman–Crippen LogP) is 1.55. The largest absolute Gasteiger partial charge is 0.480 e. The highest BCUT2D eigenvalue weighted by molar-refractivity contribution is 5.76. The van der Waals surface area contributed by atoms with Crippen molar-refractivity contribution >= 4 is 12.0 Å². The third-order valence-electron chi connectivity index (χ3n) is 4.21. The van der Waals surface area contributed by atoms with E-state index < -0.39 is 11.6 Å². The summed E-state index contributed by atoms with van der Waals surface area (Å²) in [4.78, 5) is 26.7. The number of hydrogen-bond acceptors (Lipinski definition) is 3. The summed E-state index contributed by atoms with van der Waals surface area (Å²) in [6.45, 7) is 5.46. The number of carbonyl (C=O) groups is 2. The van der Waals surface area contributed by atoms with Crippen LogP contribution in [0, 0.1) is 0 Å². The first-order chi connectivity index (χ1) is 9.45. The first-order valence-electron chi connectivity index (χ1n) is 7.36. The molecular weight excluding hydrogens is 260 g/mol. The Morgan fingerprint density at radius 3 is 2.65 bits per heavy atom. The van der Waals surface area contributed by atoms with Crippen molar-refractivity contribution in [3.05, 3.63) is 0 Å². The number of hydrogen-bond donors (Lipinski definition) is 1. The molecule has 114 valence electrons. The zero-order valence-corrected chi connectivity index (χ0v) is 12.3. The van der Waals surface area contributed by atoms with Crippen LogP contribution in [0.3, 0.4) is 0 Å². The summed E-state index contributed by atoms with van der Waals surface area (Å²) in [5.41, 5.74) is -0.508. The number of piperidine rings is 1. The molecule has 2 heterocycles. The fourth-order valence-electron chi connectivity index (χ4n) is 3.08. The molecule has 2 amide bonds. The molecule has 2 saturated heterocycles. The molecule has 6 heteroatoms. The van der Waals surface area contributed by atoms with Gasteiger partial charge < -0.3 is 19.6 Å². The quantitative estimate of drug-likeness (QED) is 0.850. The van der Waals surface area contributed by atoms with Crippen LogP contribution in [0.25, 0.3) is 0 Å². The topological polar surface area (TPSA) is 70.1 Å². The number of urea groups is 1. The lowest BCUT2D eigenvalue weighted by molar-refractivity contribution is -0.160. The summed E-state index contributed by atoms with van der Waals surface area (Å²) in [5.74, 6) is -0.974. The van der Waals surface area contributed by atoms with Crippen molar-refractivity contribution in [3.63, 3.8) is 0 Å². The fraction of sp³-hybridized carbons (Fsp3) is 0.857. The van der Waals surface area contributed by atoms with E-state index in [-0.39, 0.29) is 12.6 Å². The van der Waals surface area contributed by atoms with E-state index in [1.165, 1.54) is 6.42 Å². The van der Waals surface area contributed by atoms with Gasteiger partial charge in [0.2, 0.25) is 0 Å². The highest BCUT2D eigenvalue weighted by Crippen LogP contribution is 2.28. The number of nitrogens with zero attached hydrogens (tertiary/aromatic N) is 2. The first kappa shape index (κ1) is 15.1. The minimum atomic E-state index is -0.974. The first-order valence-corrected chi connectivity index (χ1v) is 7.36. The third-order valence-corrected chi connectivity index (χ3v) is 4.21. The van der Waals surface area contributed by atoms with Gasteiger partial charge in [0, 0.05) is 12.6 Å². The second kappa shape index (κ2) is 5.99. The normalized spacial score (nSPS) is 25.2. The number of carbonyl (C=O) groups excluding carboxylic acids is 1. The van der Waals surface area contributed by atoms with E-state index in [1.54, 1.807) is 4.90 Å². The summed E-state index contributed by atoms with van der Waals surface area (Å²) in [5, 5.41) is 8.63. The molecule has 0 saturated carbocycles. The Labute approximate surface area is 119 Å². The van der Waals surface area contributed by atoms with Gasteiger partial charge in [-0.2, -0.15) is 0 Å². The maximum absolute atomic E-state index is 12.5. The smallest absolute Gasteiger partial charge is 0.329 e. The molecule has 0 bridgehead atoms. The summed E-state index contributed by atoms with van der Waals surface area (Å²) in [6.07, 6.45) is 4.35. The average molecular weight is 284 g/mol. The highest BCUT2D eigenvalue weighted by Gasteiger charge is 2.45. The Kier molecular flexibility index (Phi) is 4.52. The Balaban J connectivity index is 1.85. The molecule has 2 rings (SSSR count). The van der Waals surface area contributed by atoms with Crippen molar-refractivity contribution < 1.29 is 19.4 Å². The molecule has 0 aromatic heterocycles. The maximum Gasteiger partial charge on any atom is 0.329 e. The van der Waals surface area contributed by atoms with Crippen LogP contribution in [0.1, 0.15) is 39.5 Å². The van der Waals surface area contributed by atoms with Crippen LogP contribution in [0.2, 0.25) is 0 Å². The summed E-state index contributed by atoms with van der Waals surface area (Å²) >= 11 is 0. The van der Waals surface area contributed by atoms with Gasteiger partial charge in [-0.15, -0.1) is 0 Å². The third kappa shape index (κ3) is 3.23. The summed E-state index contributed by atoms with van der Waals surface area (Å²) in [6, 6.07) is 0.427. The second-order valence-electron chi connectivity index (χ2n) is 6.02. The van der Waals surface area contributed by atoms with Gasteiger partial charge in [0.25, 0.3) is 0 Å². The molecule has 1 atom stereocenters. The molecule has 0 spiro atoms. The Hall–Kier alpha value is -1.30. The molecule has 0 aromatic rings. The highest BCUT2D eigenvalue weighted by atomic mass is 16.5. The molecule has 0 radical (unpaired) electrons. The number of rotatable bonds is 4. The van der Waals surface area contributed by atoms with Gasteiger partial charge in [0.1, 0.15) is 12.2 Å². The second-order valence-corrected chi connectivity index (χ2v) is 6.02. The van der Waals surface area contributed by atoms with E-state index in [4.69, 9.17) is 9.84 Å². The summed E-state index contributed by atoms with van der Waals surface area (Å²) in [7, 11) is 0. The van der Waals surface area contributed by atoms with Crippen molar-refractivity contribution in [2.24, 2.45) is 0 Å². The van der Waals surface area contributed by atoms with Crippen molar-refractivity contribution in [1.29, 1.82) is 0 Å². The van der Waals surface area contributed by atoms with Gasteiger partial charge >= 0.3 is 12.0 Å². The van der Waals surface area contributed by atoms with Crippen molar-refractivity contribution in [2.45, 2.75) is 51.2 Å². The molecule has 1 unspecified atom stereocenters. The zero-order valence-electron chi connectivity index (χ0n) is 12.3. The van der Waals surface area contributed by atoms with Crippen LogP contribution in [0.15, 0.2) is 0 Å². The van der Waals surface area contributed by atoms with Crippen LogP contribution >= 0.6 is 0 Å². The maximum atomic E-state index is 12.5. The SMILES string of the molecule is CCC1CCCCN1C(=O)N1CC(C)(OCC(=O)O)C1.